The van der Waals surface area contributed by atoms with Crippen LogP contribution < -0.4 is 0 Å². The molecular weight excluding hydrogens is 261 g/mol. The predicted octanol–water partition coefficient (Wildman–Crippen LogP) is 2.00. The van der Waals surface area contributed by atoms with Crippen molar-refractivity contribution < 1.29 is 0 Å². The van der Waals surface area contributed by atoms with Crippen molar-refractivity contribution in [3.05, 3.63) is 11.3 Å². The number of aryl methyl sites for hydroxylation is 1. The summed E-state index contributed by atoms with van der Waals surface area (Å²) in [6, 6.07) is 0. The number of imidazole rings is 1. The van der Waals surface area contributed by atoms with E-state index in [0.29, 0.717) is 0 Å². The molecule has 5 heteroatoms. The lowest BCUT2D eigenvalue weighted by Gasteiger charge is -1.86. The van der Waals surface area contributed by atoms with Gasteiger partial charge in [-0.2, -0.15) is 0 Å². The van der Waals surface area contributed by atoms with Crippen LogP contribution in [0.2, 0.25) is 0 Å². The summed E-state index contributed by atoms with van der Waals surface area (Å²) in [4.78, 5) is 9.46. The van der Waals surface area contributed by atoms with Gasteiger partial charge in [0.1, 0.15) is 5.82 Å². The first-order valence-electron chi connectivity index (χ1n) is 2.74. The Morgan fingerprint density at radius 1 is 1.70 bits per heavy atom. The van der Waals surface area contributed by atoms with Gasteiger partial charge in [0.25, 0.3) is 0 Å². The third-order valence-electron chi connectivity index (χ3n) is 1.26. The van der Waals surface area contributed by atoms with Gasteiger partial charge in [-0.15, -0.1) is 11.3 Å². The van der Waals surface area contributed by atoms with Crippen molar-refractivity contribution in [1.82, 2.24) is 12.7 Å². The topological polar surface area (TPSA) is 30.7 Å². The lowest BCUT2D eigenvalue weighted by atomic mass is 10.8. The third-order valence-corrected chi connectivity index (χ3v) is 3.13. The average Bonchev–Trinajstić information content (AvgIpc) is 2.41. The fourth-order valence-corrected chi connectivity index (χ4v) is 2.10. The van der Waals surface area contributed by atoms with Crippen LogP contribution in [0.5, 0.6) is 0 Å². The van der Waals surface area contributed by atoms with Crippen LogP contribution in [0.4, 0.5) is 0 Å². The van der Waals surface area contributed by atoms with E-state index < -0.39 is 0 Å². The second-order valence-corrected chi connectivity index (χ2v) is 3.72. The van der Waals surface area contributed by atoms with Crippen molar-refractivity contribution in [3.8, 4) is 0 Å². The number of hydrogen-bond acceptors (Lipinski definition) is 3. The molecule has 2 aromatic heterocycles. The number of fused-ring (bicyclic) bond motifs is 1. The SMILES string of the molecule is Cc1nc2scnc2n1I. The first kappa shape index (κ1) is 6.53. The van der Waals surface area contributed by atoms with Crippen molar-refractivity contribution in [1.29, 1.82) is 0 Å². The number of thiazole rings is 1. The van der Waals surface area contributed by atoms with Crippen molar-refractivity contribution >= 4 is 44.7 Å². The van der Waals surface area contributed by atoms with Crippen molar-refractivity contribution in [2.24, 2.45) is 0 Å². The molecule has 0 spiro atoms. The summed E-state index contributed by atoms with van der Waals surface area (Å²) in [5.41, 5.74) is 2.79. The normalized spacial score (nSPS) is 11.0. The van der Waals surface area contributed by atoms with E-state index in [1.807, 2.05) is 15.2 Å². The Bertz CT molecular complexity index is 364. The summed E-state index contributed by atoms with van der Waals surface area (Å²) in [7, 11) is 0. The molecule has 0 aromatic carbocycles. The van der Waals surface area contributed by atoms with Crippen LogP contribution in [0.15, 0.2) is 5.51 Å². The number of rotatable bonds is 0. The number of halogens is 1. The molecule has 0 radical (unpaired) electrons. The van der Waals surface area contributed by atoms with Crippen LogP contribution in [-0.4, -0.2) is 12.7 Å². The van der Waals surface area contributed by atoms with Crippen LogP contribution >= 0.6 is 34.2 Å². The molecule has 0 unspecified atom stereocenters. The molecule has 2 heterocycles. The van der Waals surface area contributed by atoms with Crippen molar-refractivity contribution in [2.45, 2.75) is 6.92 Å². The molecule has 0 amide bonds. The quantitative estimate of drug-likeness (QED) is 0.682. The standard InChI is InChI=1S/C5H4IN3S/c1-3-8-5-4(9(3)6)7-2-10-5/h2H,1H3. The molecule has 0 N–H and O–H groups in total. The molecule has 52 valence electrons. The zero-order valence-corrected chi connectivity index (χ0v) is 8.18. The number of nitrogens with zero attached hydrogens (tertiary/aromatic N) is 3. The molecule has 10 heavy (non-hydrogen) atoms. The monoisotopic (exact) mass is 265 g/mol. The molecule has 2 aromatic rings. The Balaban J connectivity index is 2.95. The Morgan fingerprint density at radius 3 is 3.20 bits per heavy atom. The van der Waals surface area contributed by atoms with Gasteiger partial charge in [-0.05, 0) is 6.92 Å². The average molecular weight is 265 g/mol. The van der Waals surface area contributed by atoms with E-state index in [9.17, 15) is 0 Å². The molecule has 0 aliphatic heterocycles. The van der Waals surface area contributed by atoms with Gasteiger partial charge in [0.05, 0.1) is 28.4 Å². The Hall–Kier alpha value is -0.170. The Labute approximate surface area is 75.6 Å². The molecule has 0 saturated carbocycles. The fraction of sp³-hybridized carbons (Fsp3) is 0.200. The molecule has 0 atom stereocenters. The molecule has 0 fully saturated rings. The van der Waals surface area contributed by atoms with E-state index in [0.717, 1.165) is 16.3 Å². The maximum atomic E-state index is 4.28. The highest BCUT2D eigenvalue weighted by Gasteiger charge is 2.05. The molecule has 3 nitrogen and oxygen atoms in total. The van der Waals surface area contributed by atoms with Gasteiger partial charge in [0.15, 0.2) is 10.5 Å². The summed E-state index contributed by atoms with van der Waals surface area (Å²) in [5, 5.41) is 0. The summed E-state index contributed by atoms with van der Waals surface area (Å²) in [6.45, 7) is 1.97. The lowest BCUT2D eigenvalue weighted by Crippen LogP contribution is -1.82. The maximum Gasteiger partial charge on any atom is 0.180 e. The lowest BCUT2D eigenvalue weighted by molar-refractivity contribution is 1.14. The second kappa shape index (κ2) is 2.16. The fourth-order valence-electron chi connectivity index (χ4n) is 0.789. The molecule has 0 aliphatic carbocycles. The van der Waals surface area contributed by atoms with E-state index in [-0.39, 0.29) is 0 Å². The third kappa shape index (κ3) is 0.766. The van der Waals surface area contributed by atoms with Crippen LogP contribution in [-0.2, 0) is 0 Å². The minimum Gasteiger partial charge on any atom is -0.251 e. The van der Waals surface area contributed by atoms with E-state index in [1.165, 1.54) is 0 Å². The first-order valence-corrected chi connectivity index (χ1v) is 4.58. The van der Waals surface area contributed by atoms with E-state index in [1.54, 1.807) is 11.3 Å². The van der Waals surface area contributed by atoms with E-state index >= 15 is 0 Å². The highest BCUT2D eigenvalue weighted by molar-refractivity contribution is 14.1. The van der Waals surface area contributed by atoms with Crippen molar-refractivity contribution in [2.75, 3.05) is 0 Å². The molecule has 0 aliphatic rings. The Kier molecular flexibility index (Phi) is 1.41. The zero-order chi connectivity index (χ0) is 7.14. The van der Waals surface area contributed by atoms with Gasteiger partial charge in [0, 0.05) is 0 Å². The molecule has 0 bridgehead atoms. The van der Waals surface area contributed by atoms with Gasteiger partial charge in [-0.25, -0.2) is 9.97 Å². The van der Waals surface area contributed by atoms with Gasteiger partial charge in [0.2, 0.25) is 0 Å². The highest BCUT2D eigenvalue weighted by atomic mass is 127. The predicted molar refractivity (Wildman–Crippen MR) is 49.6 cm³/mol. The second-order valence-electron chi connectivity index (χ2n) is 1.92. The first-order chi connectivity index (χ1) is 4.79. The molecule has 2 rings (SSSR count). The number of aromatic nitrogens is 3. The van der Waals surface area contributed by atoms with E-state index in [2.05, 4.69) is 32.8 Å². The number of hydrogen-bond donors (Lipinski definition) is 0. The van der Waals surface area contributed by atoms with Gasteiger partial charge in [-0.3, -0.25) is 2.78 Å². The van der Waals surface area contributed by atoms with Gasteiger partial charge >= 0.3 is 0 Å². The van der Waals surface area contributed by atoms with Crippen LogP contribution in [0.25, 0.3) is 10.5 Å². The smallest absolute Gasteiger partial charge is 0.180 e. The maximum absolute atomic E-state index is 4.28. The summed E-state index contributed by atoms with van der Waals surface area (Å²) >= 11 is 3.77. The van der Waals surface area contributed by atoms with Crippen LogP contribution in [0, 0.1) is 6.92 Å². The largest absolute Gasteiger partial charge is 0.251 e. The summed E-state index contributed by atoms with van der Waals surface area (Å²) in [6.07, 6.45) is 0. The summed E-state index contributed by atoms with van der Waals surface area (Å²) in [5.74, 6) is 1.01. The minimum atomic E-state index is 0.975. The van der Waals surface area contributed by atoms with Gasteiger partial charge in [-0.1, -0.05) is 0 Å². The van der Waals surface area contributed by atoms with Gasteiger partial charge < -0.3 is 0 Å². The highest BCUT2D eigenvalue weighted by Crippen LogP contribution is 2.19. The molecular formula is C5H4IN3S. The Morgan fingerprint density at radius 2 is 2.50 bits per heavy atom. The minimum absolute atomic E-state index is 0.975. The van der Waals surface area contributed by atoms with Crippen LogP contribution in [0.3, 0.4) is 0 Å². The zero-order valence-electron chi connectivity index (χ0n) is 5.21. The van der Waals surface area contributed by atoms with Crippen LogP contribution in [0.1, 0.15) is 5.82 Å². The summed E-state index contributed by atoms with van der Waals surface area (Å²) < 4.78 is 1.96. The molecule has 0 saturated heterocycles. The van der Waals surface area contributed by atoms with Crippen molar-refractivity contribution in [3.63, 3.8) is 0 Å². The van der Waals surface area contributed by atoms with E-state index in [4.69, 9.17) is 0 Å².